The van der Waals surface area contributed by atoms with Gasteiger partial charge in [-0.05, 0) is 73.3 Å². The Morgan fingerprint density at radius 2 is 1.59 bits per heavy atom. The molecule has 1 heterocycles. The zero-order valence-corrected chi connectivity index (χ0v) is 18.1. The summed E-state index contributed by atoms with van der Waals surface area (Å²) in [5, 5.41) is 0. The summed E-state index contributed by atoms with van der Waals surface area (Å²) in [7, 11) is 0. The molecule has 3 aromatic carbocycles. The molecule has 0 aliphatic carbocycles. The lowest BCUT2D eigenvalue weighted by Crippen LogP contribution is -1.97. The van der Waals surface area contributed by atoms with Gasteiger partial charge in [-0.2, -0.15) is 0 Å². The predicted octanol–water partition coefficient (Wildman–Crippen LogP) is 7.12. The SMILES string of the molecule is O=C1/C(=C/c2cc(Br)c(OCc3ccccc3)c(Br)c2)Sc2ccccc21. The molecule has 3 aromatic rings. The van der Waals surface area contributed by atoms with E-state index in [0.29, 0.717) is 6.61 Å². The largest absolute Gasteiger partial charge is 0.487 e. The molecule has 0 N–H and O–H groups in total. The average Bonchev–Trinajstić information content (AvgIpc) is 2.98. The van der Waals surface area contributed by atoms with Gasteiger partial charge in [0.15, 0.2) is 0 Å². The van der Waals surface area contributed by atoms with Crippen molar-refractivity contribution in [3.63, 3.8) is 0 Å². The molecule has 5 heteroatoms. The summed E-state index contributed by atoms with van der Waals surface area (Å²) in [5.74, 6) is 0.821. The molecule has 1 aliphatic rings. The minimum Gasteiger partial charge on any atom is -0.487 e. The molecule has 2 nitrogen and oxygen atoms in total. The summed E-state index contributed by atoms with van der Waals surface area (Å²) in [6, 6.07) is 21.7. The molecule has 0 atom stereocenters. The van der Waals surface area contributed by atoms with Gasteiger partial charge >= 0.3 is 0 Å². The fourth-order valence-corrected chi connectivity index (χ4v) is 5.32. The lowest BCUT2D eigenvalue weighted by Gasteiger charge is -2.11. The number of allylic oxidation sites excluding steroid dienone is 1. The molecule has 134 valence electrons. The van der Waals surface area contributed by atoms with Crippen LogP contribution in [0.25, 0.3) is 6.08 Å². The Bertz CT molecular complexity index is 1020. The molecule has 0 radical (unpaired) electrons. The van der Waals surface area contributed by atoms with E-state index >= 15 is 0 Å². The summed E-state index contributed by atoms with van der Waals surface area (Å²) >= 11 is 8.69. The van der Waals surface area contributed by atoms with Crippen LogP contribution in [0.5, 0.6) is 5.75 Å². The number of fused-ring (bicyclic) bond motifs is 1. The highest BCUT2D eigenvalue weighted by Gasteiger charge is 2.25. The molecule has 27 heavy (non-hydrogen) atoms. The fourth-order valence-electron chi connectivity index (χ4n) is 2.82. The molecule has 0 aromatic heterocycles. The highest BCUT2D eigenvalue weighted by molar-refractivity contribution is 9.11. The van der Waals surface area contributed by atoms with E-state index in [2.05, 4.69) is 31.9 Å². The lowest BCUT2D eigenvalue weighted by atomic mass is 10.1. The normalized spacial score (nSPS) is 14.4. The molecular weight excluding hydrogens is 488 g/mol. The van der Waals surface area contributed by atoms with Crippen molar-refractivity contribution < 1.29 is 9.53 Å². The Morgan fingerprint density at radius 1 is 0.926 bits per heavy atom. The van der Waals surface area contributed by atoms with E-state index in [1.807, 2.05) is 72.8 Å². The van der Waals surface area contributed by atoms with Crippen LogP contribution >= 0.6 is 43.6 Å². The van der Waals surface area contributed by atoms with Crippen LogP contribution in [0.15, 0.2) is 85.5 Å². The van der Waals surface area contributed by atoms with Crippen molar-refractivity contribution in [3.05, 3.63) is 97.3 Å². The van der Waals surface area contributed by atoms with Crippen molar-refractivity contribution in [2.75, 3.05) is 0 Å². The standard InChI is InChI=1S/C22H14Br2O2S/c23-17-10-15(12-20-21(25)16-8-4-5-9-19(16)27-20)11-18(24)22(17)26-13-14-6-2-1-3-7-14/h1-12H,13H2/b20-12-. The van der Waals surface area contributed by atoms with Gasteiger partial charge < -0.3 is 4.74 Å². The Morgan fingerprint density at radius 3 is 2.30 bits per heavy atom. The number of ketones is 1. The van der Waals surface area contributed by atoms with Gasteiger partial charge in [-0.1, -0.05) is 54.2 Å². The summed E-state index contributed by atoms with van der Waals surface area (Å²) in [6.07, 6.45) is 1.92. The fraction of sp³-hybridized carbons (Fsp3) is 0.0455. The summed E-state index contributed by atoms with van der Waals surface area (Å²) < 4.78 is 7.64. The van der Waals surface area contributed by atoms with E-state index in [1.165, 1.54) is 11.8 Å². The Kier molecular flexibility index (Phi) is 5.53. The second-order valence-corrected chi connectivity index (χ2v) is 8.82. The van der Waals surface area contributed by atoms with Gasteiger partial charge in [0.05, 0.1) is 13.9 Å². The first-order valence-corrected chi connectivity index (χ1v) is 10.7. The smallest absolute Gasteiger partial charge is 0.200 e. The van der Waals surface area contributed by atoms with Crippen LogP contribution in [-0.2, 0) is 6.61 Å². The summed E-state index contributed by atoms with van der Waals surface area (Å²) in [5.41, 5.74) is 2.81. The summed E-state index contributed by atoms with van der Waals surface area (Å²) in [6.45, 7) is 0.488. The number of hydrogen-bond acceptors (Lipinski definition) is 3. The van der Waals surface area contributed by atoms with E-state index in [0.717, 1.165) is 41.2 Å². The average molecular weight is 502 g/mol. The van der Waals surface area contributed by atoms with Crippen molar-refractivity contribution >= 4 is 55.5 Å². The quantitative estimate of drug-likeness (QED) is 0.356. The van der Waals surface area contributed by atoms with E-state index in [1.54, 1.807) is 0 Å². The number of carbonyl (C=O) groups excluding carboxylic acids is 1. The highest BCUT2D eigenvalue weighted by Crippen LogP contribution is 2.42. The van der Waals surface area contributed by atoms with E-state index < -0.39 is 0 Å². The first kappa shape index (κ1) is 18.5. The molecule has 0 saturated heterocycles. The van der Waals surface area contributed by atoms with Gasteiger partial charge in [0, 0.05) is 10.5 Å². The van der Waals surface area contributed by atoms with Crippen LogP contribution < -0.4 is 4.74 Å². The summed E-state index contributed by atoms with van der Waals surface area (Å²) in [4.78, 5) is 14.3. The monoisotopic (exact) mass is 500 g/mol. The van der Waals surface area contributed by atoms with E-state index in [4.69, 9.17) is 4.74 Å². The number of benzene rings is 3. The molecule has 0 fully saturated rings. The molecule has 0 unspecified atom stereocenters. The number of ether oxygens (including phenoxy) is 1. The van der Waals surface area contributed by atoms with Crippen LogP contribution in [0.1, 0.15) is 21.5 Å². The zero-order valence-electron chi connectivity index (χ0n) is 14.1. The first-order chi connectivity index (χ1) is 13.1. The third kappa shape index (κ3) is 4.05. The van der Waals surface area contributed by atoms with Crippen LogP contribution in [0.2, 0.25) is 0 Å². The van der Waals surface area contributed by atoms with Crippen LogP contribution in [0.4, 0.5) is 0 Å². The number of halogens is 2. The van der Waals surface area contributed by atoms with Gasteiger partial charge in [0.25, 0.3) is 0 Å². The number of Topliss-reactive ketones (excluding diaryl/α,β-unsaturated/α-hetero) is 1. The molecule has 1 aliphatic heterocycles. The van der Waals surface area contributed by atoms with Crippen molar-refractivity contribution in [1.82, 2.24) is 0 Å². The van der Waals surface area contributed by atoms with Crippen LogP contribution in [0.3, 0.4) is 0 Å². The minimum absolute atomic E-state index is 0.0762. The number of rotatable bonds is 4. The maximum Gasteiger partial charge on any atom is 0.200 e. The van der Waals surface area contributed by atoms with Gasteiger partial charge in [0.1, 0.15) is 12.4 Å². The maximum absolute atomic E-state index is 12.6. The van der Waals surface area contributed by atoms with Crippen molar-refractivity contribution in [2.45, 2.75) is 11.5 Å². The number of hydrogen-bond donors (Lipinski definition) is 0. The van der Waals surface area contributed by atoms with Gasteiger partial charge in [-0.3, -0.25) is 4.79 Å². The molecular formula is C22H14Br2O2S. The zero-order chi connectivity index (χ0) is 18.8. The molecule has 0 spiro atoms. The third-order valence-electron chi connectivity index (χ3n) is 4.12. The van der Waals surface area contributed by atoms with Crippen LogP contribution in [0, 0.1) is 0 Å². The number of carbonyl (C=O) groups is 1. The van der Waals surface area contributed by atoms with Crippen molar-refractivity contribution in [2.24, 2.45) is 0 Å². The molecule has 4 rings (SSSR count). The van der Waals surface area contributed by atoms with Crippen molar-refractivity contribution in [3.8, 4) is 5.75 Å². The second kappa shape index (κ2) is 8.05. The minimum atomic E-state index is 0.0762. The lowest BCUT2D eigenvalue weighted by molar-refractivity contribution is 0.104. The van der Waals surface area contributed by atoms with E-state index in [9.17, 15) is 4.79 Å². The molecule has 0 saturated carbocycles. The van der Waals surface area contributed by atoms with E-state index in [-0.39, 0.29) is 5.78 Å². The van der Waals surface area contributed by atoms with Crippen molar-refractivity contribution in [1.29, 1.82) is 0 Å². The predicted molar refractivity (Wildman–Crippen MR) is 117 cm³/mol. The first-order valence-electron chi connectivity index (χ1n) is 8.31. The Hall–Kier alpha value is -1.82. The Balaban J connectivity index is 1.56. The topological polar surface area (TPSA) is 26.3 Å². The molecule has 0 bridgehead atoms. The van der Waals surface area contributed by atoms with Gasteiger partial charge in [-0.25, -0.2) is 0 Å². The molecule has 0 amide bonds. The van der Waals surface area contributed by atoms with Gasteiger partial charge in [0.2, 0.25) is 5.78 Å². The highest BCUT2D eigenvalue weighted by atomic mass is 79.9. The Labute approximate surface area is 178 Å². The van der Waals surface area contributed by atoms with Crippen LogP contribution in [-0.4, -0.2) is 5.78 Å². The maximum atomic E-state index is 12.6. The third-order valence-corrected chi connectivity index (χ3v) is 6.40. The second-order valence-electron chi connectivity index (χ2n) is 6.02. The number of thioether (sulfide) groups is 1. The van der Waals surface area contributed by atoms with Gasteiger partial charge in [-0.15, -0.1) is 0 Å².